The molecule has 0 aromatic heterocycles. The Kier molecular flexibility index (Phi) is 7.71. The van der Waals surface area contributed by atoms with Gasteiger partial charge in [-0.3, -0.25) is 9.59 Å². The molecule has 0 saturated carbocycles. The van der Waals surface area contributed by atoms with Gasteiger partial charge in [0.1, 0.15) is 3.92 Å². The number of carbonyl (C=O) groups excluding carboxylic acids is 2. The summed E-state index contributed by atoms with van der Waals surface area (Å²) in [6, 6.07) is 9.75. The van der Waals surface area contributed by atoms with Gasteiger partial charge in [0, 0.05) is 6.54 Å². The average molecular weight is 403 g/mol. The van der Waals surface area contributed by atoms with Crippen molar-refractivity contribution in [2.75, 3.05) is 13.7 Å². The van der Waals surface area contributed by atoms with Gasteiger partial charge in [0.25, 0.3) is 0 Å². The van der Waals surface area contributed by atoms with Crippen LogP contribution in [0.3, 0.4) is 0 Å². The molecule has 0 saturated heterocycles. The van der Waals surface area contributed by atoms with Gasteiger partial charge in [-0.2, -0.15) is 0 Å². The minimum absolute atomic E-state index is 0.0406. The second kappa shape index (κ2) is 9.02. The molecule has 0 aliphatic heterocycles. The van der Waals surface area contributed by atoms with Crippen LogP contribution in [0, 0.1) is 5.92 Å². The van der Waals surface area contributed by atoms with Crippen LogP contribution in [-0.4, -0.2) is 29.5 Å². The minimum atomic E-state index is -0.370. The lowest BCUT2D eigenvalue weighted by Crippen LogP contribution is -2.38. The molecule has 1 amide bonds. The number of ether oxygens (including phenoxy) is 1. The zero-order valence-corrected chi connectivity index (χ0v) is 14.8. The van der Waals surface area contributed by atoms with Crippen LogP contribution in [0.2, 0.25) is 0 Å². The summed E-state index contributed by atoms with van der Waals surface area (Å²) in [7, 11) is 1.35. The van der Waals surface area contributed by atoms with Crippen LogP contribution < -0.4 is 5.32 Å². The van der Waals surface area contributed by atoms with E-state index in [1.165, 1.54) is 7.11 Å². The van der Waals surface area contributed by atoms with Crippen LogP contribution >= 0.6 is 22.6 Å². The van der Waals surface area contributed by atoms with Crippen LogP contribution in [0.25, 0.3) is 0 Å². The quantitative estimate of drug-likeness (QED) is 0.433. The number of esters is 1. The van der Waals surface area contributed by atoms with Gasteiger partial charge < -0.3 is 10.1 Å². The molecule has 21 heavy (non-hydrogen) atoms. The zero-order valence-electron chi connectivity index (χ0n) is 12.6. The molecular weight excluding hydrogens is 381 g/mol. The predicted molar refractivity (Wildman–Crippen MR) is 91.5 cm³/mol. The third kappa shape index (κ3) is 5.30. The van der Waals surface area contributed by atoms with Gasteiger partial charge >= 0.3 is 5.97 Å². The van der Waals surface area contributed by atoms with Gasteiger partial charge in [0.05, 0.1) is 13.0 Å². The Morgan fingerprint density at radius 2 is 1.90 bits per heavy atom. The Labute approximate surface area is 139 Å². The van der Waals surface area contributed by atoms with Gasteiger partial charge in [0.2, 0.25) is 5.91 Å². The number of benzene rings is 1. The SMILES string of the molecule is CCC(C)C(C(=O)NCC(I)C(=O)OC)c1ccccc1. The number of amides is 1. The van der Waals surface area contributed by atoms with Gasteiger partial charge in [-0.05, 0) is 11.5 Å². The van der Waals surface area contributed by atoms with E-state index in [1.54, 1.807) is 0 Å². The van der Waals surface area contributed by atoms with Crippen molar-refractivity contribution in [1.82, 2.24) is 5.32 Å². The molecule has 3 atom stereocenters. The molecule has 1 rings (SSSR count). The Bertz CT molecular complexity index is 464. The van der Waals surface area contributed by atoms with Gasteiger partial charge in [-0.25, -0.2) is 0 Å². The number of methoxy groups -OCH3 is 1. The molecule has 0 heterocycles. The van der Waals surface area contributed by atoms with E-state index in [9.17, 15) is 9.59 Å². The van der Waals surface area contributed by atoms with Crippen molar-refractivity contribution in [1.29, 1.82) is 0 Å². The van der Waals surface area contributed by atoms with Gasteiger partial charge in [-0.1, -0.05) is 73.2 Å². The van der Waals surface area contributed by atoms with E-state index in [0.29, 0.717) is 0 Å². The molecule has 4 nitrogen and oxygen atoms in total. The van der Waals surface area contributed by atoms with Crippen LogP contribution in [-0.2, 0) is 14.3 Å². The fourth-order valence-electron chi connectivity index (χ4n) is 2.15. The summed E-state index contributed by atoms with van der Waals surface area (Å²) < 4.78 is 4.29. The van der Waals surface area contributed by atoms with E-state index in [4.69, 9.17) is 0 Å². The second-order valence-electron chi connectivity index (χ2n) is 5.01. The maximum absolute atomic E-state index is 12.5. The number of alkyl halides is 1. The highest BCUT2D eigenvalue weighted by Gasteiger charge is 2.26. The number of hydrogen-bond donors (Lipinski definition) is 1. The van der Waals surface area contributed by atoms with E-state index in [1.807, 2.05) is 52.9 Å². The van der Waals surface area contributed by atoms with Crippen LogP contribution in [0.15, 0.2) is 30.3 Å². The van der Waals surface area contributed by atoms with Gasteiger partial charge in [0.15, 0.2) is 0 Å². The topological polar surface area (TPSA) is 55.4 Å². The molecule has 0 spiro atoms. The normalized spacial score (nSPS) is 14.9. The predicted octanol–water partition coefficient (Wildman–Crippen LogP) is 2.91. The lowest BCUT2D eigenvalue weighted by molar-refractivity contribution is -0.139. The fraction of sp³-hybridized carbons (Fsp3) is 0.500. The zero-order chi connectivity index (χ0) is 15.8. The van der Waals surface area contributed by atoms with E-state index < -0.39 is 0 Å². The number of carbonyl (C=O) groups is 2. The molecule has 116 valence electrons. The number of nitrogens with one attached hydrogen (secondary N) is 1. The van der Waals surface area contributed by atoms with Crippen molar-refractivity contribution in [3.63, 3.8) is 0 Å². The standard InChI is InChI=1S/C16H22INO3/c1-4-11(2)14(12-8-6-5-7-9-12)15(19)18-10-13(17)16(20)21-3/h5-9,11,13-14H,4,10H2,1-3H3,(H,18,19). The van der Waals surface area contributed by atoms with Crippen LogP contribution in [0.1, 0.15) is 31.7 Å². The summed E-state index contributed by atoms with van der Waals surface area (Å²) in [5, 5.41) is 2.86. The molecule has 0 aliphatic carbocycles. The smallest absolute Gasteiger partial charge is 0.320 e. The maximum atomic E-state index is 12.5. The summed E-state index contributed by atoms with van der Waals surface area (Å²) >= 11 is 1.98. The van der Waals surface area contributed by atoms with Crippen LogP contribution in [0.5, 0.6) is 0 Å². The fourth-order valence-corrected chi connectivity index (χ4v) is 2.62. The molecule has 0 aliphatic rings. The van der Waals surface area contributed by atoms with Crippen molar-refractivity contribution in [2.24, 2.45) is 5.92 Å². The first-order valence-corrected chi connectivity index (χ1v) is 8.30. The van der Waals surface area contributed by atoms with Crippen molar-refractivity contribution >= 4 is 34.5 Å². The molecule has 0 fully saturated rings. The molecular formula is C16H22INO3. The van der Waals surface area contributed by atoms with E-state index >= 15 is 0 Å². The first-order valence-electron chi connectivity index (χ1n) is 7.05. The third-order valence-corrected chi connectivity index (χ3v) is 4.52. The minimum Gasteiger partial charge on any atom is -0.468 e. The summed E-state index contributed by atoms with van der Waals surface area (Å²) in [5.74, 6) is -0.326. The van der Waals surface area contributed by atoms with Crippen molar-refractivity contribution in [3.8, 4) is 0 Å². The number of hydrogen-bond acceptors (Lipinski definition) is 3. The first kappa shape index (κ1) is 17.9. The van der Waals surface area contributed by atoms with Gasteiger partial charge in [-0.15, -0.1) is 0 Å². The monoisotopic (exact) mass is 403 g/mol. The Morgan fingerprint density at radius 1 is 1.29 bits per heavy atom. The Morgan fingerprint density at radius 3 is 2.43 bits per heavy atom. The highest BCUT2D eigenvalue weighted by molar-refractivity contribution is 14.1. The highest BCUT2D eigenvalue weighted by Crippen LogP contribution is 2.27. The lowest BCUT2D eigenvalue weighted by Gasteiger charge is -2.23. The molecule has 5 heteroatoms. The molecule has 3 unspecified atom stereocenters. The molecule has 1 aromatic rings. The molecule has 0 radical (unpaired) electrons. The lowest BCUT2D eigenvalue weighted by atomic mass is 9.85. The number of halogens is 1. The van der Waals surface area contributed by atoms with Crippen LogP contribution in [0.4, 0.5) is 0 Å². The summed E-state index contributed by atoms with van der Waals surface area (Å²) in [4.78, 5) is 23.9. The van der Waals surface area contributed by atoms with Crippen molar-refractivity contribution < 1.29 is 14.3 Å². The largest absolute Gasteiger partial charge is 0.468 e. The van der Waals surface area contributed by atoms with E-state index in [0.717, 1.165) is 12.0 Å². The maximum Gasteiger partial charge on any atom is 0.320 e. The molecule has 1 aromatic carbocycles. The summed E-state index contributed by atoms with van der Waals surface area (Å²) in [6.07, 6.45) is 0.914. The molecule has 1 N–H and O–H groups in total. The first-order chi connectivity index (χ1) is 10.0. The average Bonchev–Trinajstić information content (AvgIpc) is 2.52. The second-order valence-corrected chi connectivity index (χ2v) is 6.51. The van der Waals surface area contributed by atoms with Crippen molar-refractivity contribution in [2.45, 2.75) is 30.1 Å². The number of rotatable bonds is 7. The van der Waals surface area contributed by atoms with E-state index in [-0.39, 0.29) is 34.2 Å². The van der Waals surface area contributed by atoms with Crippen molar-refractivity contribution in [3.05, 3.63) is 35.9 Å². The van der Waals surface area contributed by atoms with E-state index in [2.05, 4.69) is 23.9 Å². The highest BCUT2D eigenvalue weighted by atomic mass is 127. The summed E-state index contributed by atoms with van der Waals surface area (Å²) in [6.45, 7) is 4.42. The summed E-state index contributed by atoms with van der Waals surface area (Å²) in [5.41, 5.74) is 1.01. The molecule has 0 bridgehead atoms. The Hall–Kier alpha value is -1.11. The Balaban J connectivity index is 2.76. The third-order valence-electron chi connectivity index (χ3n) is 3.57.